The second kappa shape index (κ2) is 5.92. The molecule has 0 aliphatic carbocycles. The fourth-order valence-corrected chi connectivity index (χ4v) is 2.89. The van der Waals surface area contributed by atoms with Gasteiger partial charge >= 0.3 is 5.97 Å². The maximum atomic E-state index is 12.6. The van der Waals surface area contributed by atoms with Gasteiger partial charge in [-0.2, -0.15) is 5.10 Å². The number of hydrogen-bond acceptors (Lipinski definition) is 5. The van der Waals surface area contributed by atoms with E-state index in [-0.39, 0.29) is 5.52 Å². The number of pyridine rings is 1. The van der Waals surface area contributed by atoms with Gasteiger partial charge in [0.1, 0.15) is 11.6 Å². The molecule has 0 spiro atoms. The van der Waals surface area contributed by atoms with E-state index < -0.39 is 17.6 Å². The summed E-state index contributed by atoms with van der Waals surface area (Å²) in [6.07, 6.45) is 3.06. The Kier molecular flexibility index (Phi) is 3.69. The highest BCUT2D eigenvalue weighted by Crippen LogP contribution is 2.25. The molecule has 3 aromatic heterocycles. The van der Waals surface area contributed by atoms with E-state index in [1.54, 1.807) is 24.4 Å². The van der Waals surface area contributed by atoms with E-state index in [0.717, 1.165) is 15.7 Å². The quantitative estimate of drug-likeness (QED) is 0.595. The monoisotopic (exact) mass is 369 g/mol. The van der Waals surface area contributed by atoms with Crippen LogP contribution in [0.1, 0.15) is 13.0 Å². The second-order valence-corrected chi connectivity index (χ2v) is 6.21. The first-order chi connectivity index (χ1) is 12.5. The van der Waals surface area contributed by atoms with Crippen molar-refractivity contribution in [3.8, 4) is 11.1 Å². The minimum atomic E-state index is -1.11. The minimum Gasteiger partial charge on any atom is -0.480 e. The molecule has 130 valence electrons. The molecule has 1 aromatic carbocycles. The summed E-state index contributed by atoms with van der Waals surface area (Å²) in [6.45, 7) is 1.42. The summed E-state index contributed by atoms with van der Waals surface area (Å²) in [6, 6.07) is 7.82. The van der Waals surface area contributed by atoms with E-state index in [1.807, 2.05) is 12.1 Å². The van der Waals surface area contributed by atoms with Crippen LogP contribution in [0, 0.1) is 0 Å². The summed E-state index contributed by atoms with van der Waals surface area (Å²) < 4.78 is 2.62. The lowest BCUT2D eigenvalue weighted by molar-refractivity contribution is -0.140. The number of carboxylic acids is 1. The van der Waals surface area contributed by atoms with E-state index >= 15 is 0 Å². The summed E-state index contributed by atoms with van der Waals surface area (Å²) in [5.41, 5.74) is 2.08. The number of benzene rings is 1. The molecular formula is C17H12ClN5O3. The van der Waals surface area contributed by atoms with Gasteiger partial charge in [-0.3, -0.25) is 9.36 Å². The van der Waals surface area contributed by atoms with E-state index in [4.69, 9.17) is 16.7 Å². The predicted molar refractivity (Wildman–Crippen MR) is 95.3 cm³/mol. The highest BCUT2D eigenvalue weighted by molar-refractivity contribution is 6.30. The van der Waals surface area contributed by atoms with Gasteiger partial charge in [0.05, 0.1) is 6.20 Å². The van der Waals surface area contributed by atoms with Crippen molar-refractivity contribution in [1.82, 2.24) is 24.4 Å². The Labute approximate surface area is 151 Å². The number of fused-ring (bicyclic) bond motifs is 3. The summed E-state index contributed by atoms with van der Waals surface area (Å²) in [7, 11) is 0. The summed E-state index contributed by atoms with van der Waals surface area (Å²) in [4.78, 5) is 23.7. The Balaban J connectivity index is 1.94. The molecule has 0 amide bonds. The van der Waals surface area contributed by atoms with Gasteiger partial charge in [0.15, 0.2) is 11.2 Å². The molecule has 0 bridgehead atoms. The van der Waals surface area contributed by atoms with Gasteiger partial charge in [0.2, 0.25) is 0 Å². The molecule has 1 atom stereocenters. The number of aromatic nitrogens is 5. The zero-order chi connectivity index (χ0) is 18.4. The molecule has 4 aromatic rings. The van der Waals surface area contributed by atoms with Crippen LogP contribution in [-0.4, -0.2) is 35.5 Å². The third-order valence-corrected chi connectivity index (χ3v) is 4.47. The normalized spacial score (nSPS) is 12.5. The average Bonchev–Trinajstić information content (AvgIpc) is 3.06. The molecule has 26 heavy (non-hydrogen) atoms. The maximum Gasteiger partial charge on any atom is 0.326 e. The van der Waals surface area contributed by atoms with Gasteiger partial charge in [-0.25, -0.2) is 9.31 Å². The molecule has 0 aliphatic heterocycles. The van der Waals surface area contributed by atoms with Gasteiger partial charge in [-0.1, -0.05) is 23.7 Å². The molecule has 0 unspecified atom stereocenters. The first-order valence-electron chi connectivity index (χ1n) is 7.71. The summed E-state index contributed by atoms with van der Waals surface area (Å²) >= 11 is 5.92. The summed E-state index contributed by atoms with van der Waals surface area (Å²) in [5.74, 6) is -1.11. The van der Waals surface area contributed by atoms with Crippen molar-refractivity contribution < 1.29 is 9.90 Å². The number of carboxylic acid groups (broad SMARTS) is 1. The Morgan fingerprint density at radius 3 is 2.62 bits per heavy atom. The third-order valence-electron chi connectivity index (χ3n) is 4.22. The van der Waals surface area contributed by atoms with Crippen LogP contribution in [0.3, 0.4) is 0 Å². The zero-order valence-corrected chi connectivity index (χ0v) is 14.3. The standard InChI is InChI=1S/C17H12ClN5O3/c1-9(17(25)26)22-7-6-13-14(16(22)24)20-21-15-12(8-19-23(13)15)10-2-4-11(18)5-3-10/h2-9H,1H3,(H,25,26)/t9-/m0/s1. The Morgan fingerprint density at radius 1 is 1.19 bits per heavy atom. The molecular weight excluding hydrogens is 358 g/mol. The van der Waals surface area contributed by atoms with Crippen LogP contribution in [0.25, 0.3) is 27.8 Å². The molecule has 0 fully saturated rings. The van der Waals surface area contributed by atoms with Crippen LogP contribution < -0.4 is 5.56 Å². The van der Waals surface area contributed by atoms with Crippen molar-refractivity contribution in [1.29, 1.82) is 0 Å². The Morgan fingerprint density at radius 2 is 1.92 bits per heavy atom. The first-order valence-corrected chi connectivity index (χ1v) is 8.09. The number of halogens is 1. The van der Waals surface area contributed by atoms with Crippen molar-refractivity contribution in [3.05, 3.63) is 58.1 Å². The van der Waals surface area contributed by atoms with E-state index in [9.17, 15) is 9.59 Å². The molecule has 9 heteroatoms. The van der Waals surface area contributed by atoms with Crippen LogP contribution in [0.4, 0.5) is 0 Å². The van der Waals surface area contributed by atoms with Gasteiger partial charge in [0, 0.05) is 16.8 Å². The largest absolute Gasteiger partial charge is 0.480 e. The van der Waals surface area contributed by atoms with Crippen molar-refractivity contribution in [2.75, 3.05) is 0 Å². The molecule has 8 nitrogen and oxygen atoms in total. The van der Waals surface area contributed by atoms with Gasteiger partial charge in [0.25, 0.3) is 5.56 Å². The highest BCUT2D eigenvalue weighted by Gasteiger charge is 2.19. The van der Waals surface area contributed by atoms with Crippen molar-refractivity contribution >= 4 is 34.3 Å². The molecule has 0 radical (unpaired) electrons. The maximum absolute atomic E-state index is 12.6. The third kappa shape index (κ3) is 2.42. The molecule has 3 heterocycles. The minimum absolute atomic E-state index is 0.0545. The number of carbonyl (C=O) groups is 1. The molecule has 0 aliphatic rings. The lowest BCUT2D eigenvalue weighted by Crippen LogP contribution is -2.28. The first kappa shape index (κ1) is 16.2. The smallest absolute Gasteiger partial charge is 0.326 e. The molecule has 0 saturated carbocycles. The van der Waals surface area contributed by atoms with E-state index in [0.29, 0.717) is 16.2 Å². The van der Waals surface area contributed by atoms with Crippen LogP contribution in [-0.2, 0) is 4.79 Å². The fraction of sp³-hybridized carbons (Fsp3) is 0.118. The van der Waals surface area contributed by atoms with Crippen LogP contribution >= 0.6 is 11.6 Å². The number of hydrogen-bond donors (Lipinski definition) is 1. The summed E-state index contributed by atoms with van der Waals surface area (Å²) in [5, 5.41) is 22.2. The Bertz CT molecular complexity index is 1210. The van der Waals surface area contributed by atoms with E-state index in [1.165, 1.54) is 17.6 Å². The fourth-order valence-electron chi connectivity index (χ4n) is 2.76. The second-order valence-electron chi connectivity index (χ2n) is 5.78. The van der Waals surface area contributed by atoms with Gasteiger partial charge < -0.3 is 5.11 Å². The van der Waals surface area contributed by atoms with Gasteiger partial charge in [-0.15, -0.1) is 10.2 Å². The number of nitrogens with zero attached hydrogens (tertiary/aromatic N) is 5. The molecule has 4 rings (SSSR count). The number of rotatable bonds is 3. The highest BCUT2D eigenvalue weighted by atomic mass is 35.5. The van der Waals surface area contributed by atoms with Crippen molar-refractivity contribution in [3.63, 3.8) is 0 Å². The van der Waals surface area contributed by atoms with Crippen molar-refractivity contribution in [2.24, 2.45) is 0 Å². The number of aliphatic carboxylic acids is 1. The average molecular weight is 370 g/mol. The Hall–Kier alpha value is -3.26. The lowest BCUT2D eigenvalue weighted by Gasteiger charge is -2.11. The van der Waals surface area contributed by atoms with Crippen molar-refractivity contribution in [2.45, 2.75) is 13.0 Å². The van der Waals surface area contributed by atoms with Crippen LogP contribution in [0.15, 0.2) is 47.5 Å². The topological polar surface area (TPSA) is 102 Å². The van der Waals surface area contributed by atoms with Gasteiger partial charge in [-0.05, 0) is 30.7 Å². The van der Waals surface area contributed by atoms with E-state index in [2.05, 4.69) is 15.3 Å². The molecule has 1 N–H and O–H groups in total. The SMILES string of the molecule is C[C@@H](C(=O)O)n1ccc2c(nnc3c(-c4ccc(Cl)cc4)cnn32)c1=O. The van der Waals surface area contributed by atoms with Crippen LogP contribution in [0.5, 0.6) is 0 Å². The zero-order valence-electron chi connectivity index (χ0n) is 13.5. The predicted octanol–water partition coefficient (Wildman–Crippen LogP) is 2.41. The lowest BCUT2D eigenvalue weighted by atomic mass is 10.1. The van der Waals surface area contributed by atoms with Crippen LogP contribution in [0.2, 0.25) is 5.02 Å². The molecule has 0 saturated heterocycles.